The first kappa shape index (κ1) is 22.5. The van der Waals surface area contributed by atoms with Crippen LogP contribution in [0, 0.1) is 25.7 Å². The topological polar surface area (TPSA) is 19.4 Å². The van der Waals surface area contributed by atoms with Crippen LogP contribution in [0.1, 0.15) is 61.1 Å². The molecule has 0 amide bonds. The van der Waals surface area contributed by atoms with Gasteiger partial charge in [-0.25, -0.2) is 0 Å². The summed E-state index contributed by atoms with van der Waals surface area (Å²) in [4.78, 5) is 16.1. The SMILES string of the molecule is Cc1c2c(cc3c1N1CC(C)C(C)N(C3)C1)CN1CN2Cc2cc3c(c(C)c21)N1CC(C)C(C)N(C3)C1. The third-order valence-electron chi connectivity index (χ3n) is 10.9. The highest BCUT2D eigenvalue weighted by Gasteiger charge is 2.41. The molecule has 0 aromatic heterocycles. The van der Waals surface area contributed by atoms with E-state index in [4.69, 9.17) is 0 Å². The van der Waals surface area contributed by atoms with E-state index in [1.165, 1.54) is 58.1 Å². The number of fused-ring (bicyclic) bond motifs is 14. The molecule has 37 heavy (non-hydrogen) atoms. The van der Waals surface area contributed by atoms with Crippen LogP contribution in [0.15, 0.2) is 12.1 Å². The maximum atomic E-state index is 2.68. The molecular formula is C31H42N6. The van der Waals surface area contributed by atoms with Crippen molar-refractivity contribution in [2.45, 2.75) is 79.8 Å². The third-order valence-corrected chi connectivity index (χ3v) is 10.9. The molecule has 6 atom stereocenters. The minimum Gasteiger partial charge on any atom is -0.358 e. The highest BCUT2D eigenvalue weighted by molar-refractivity contribution is 5.82. The average molecular weight is 499 g/mol. The minimum atomic E-state index is 0.657. The van der Waals surface area contributed by atoms with Crippen LogP contribution in [-0.2, 0) is 26.2 Å². The molecule has 6 heterocycles. The molecule has 0 saturated carbocycles. The number of nitrogens with zero attached hydrogens (tertiary/aromatic N) is 6. The van der Waals surface area contributed by atoms with E-state index in [1.54, 1.807) is 11.1 Å². The van der Waals surface area contributed by atoms with Crippen LogP contribution < -0.4 is 19.6 Å². The Kier molecular flexibility index (Phi) is 4.61. The Hall–Kier alpha value is -2.44. The smallest absolute Gasteiger partial charge is 0.0910 e. The lowest BCUT2D eigenvalue weighted by Gasteiger charge is -2.53. The predicted molar refractivity (Wildman–Crippen MR) is 152 cm³/mol. The molecule has 0 radical (unpaired) electrons. The second-order valence-corrected chi connectivity index (χ2v) is 13.2. The fourth-order valence-electron chi connectivity index (χ4n) is 8.82. The minimum absolute atomic E-state index is 0.657. The third kappa shape index (κ3) is 3.00. The molecule has 6 heteroatoms. The lowest BCUT2D eigenvalue weighted by molar-refractivity contribution is 0.111. The maximum absolute atomic E-state index is 2.68. The summed E-state index contributed by atoms with van der Waals surface area (Å²) in [7, 11) is 0. The summed E-state index contributed by atoms with van der Waals surface area (Å²) in [5, 5.41) is 0. The molecule has 196 valence electrons. The van der Waals surface area contributed by atoms with E-state index >= 15 is 0 Å². The van der Waals surface area contributed by atoms with E-state index < -0.39 is 0 Å². The van der Waals surface area contributed by atoms with Gasteiger partial charge in [0.2, 0.25) is 0 Å². The molecule has 8 rings (SSSR count). The lowest BCUT2D eigenvalue weighted by atomic mass is 9.87. The summed E-state index contributed by atoms with van der Waals surface area (Å²) in [6.45, 7) is 24.3. The summed E-state index contributed by atoms with van der Waals surface area (Å²) in [5.41, 5.74) is 15.3. The van der Waals surface area contributed by atoms with Crippen molar-refractivity contribution >= 4 is 22.7 Å². The van der Waals surface area contributed by atoms with Gasteiger partial charge in [-0.1, -0.05) is 13.8 Å². The van der Waals surface area contributed by atoms with Crippen LogP contribution in [0.5, 0.6) is 0 Å². The van der Waals surface area contributed by atoms with Crippen molar-refractivity contribution in [3.05, 3.63) is 45.5 Å². The first-order valence-electron chi connectivity index (χ1n) is 14.6. The molecule has 0 aliphatic carbocycles. The fraction of sp³-hybridized carbons (Fsp3) is 0.613. The summed E-state index contributed by atoms with van der Waals surface area (Å²) in [5.74, 6) is 1.42. The summed E-state index contributed by atoms with van der Waals surface area (Å²) < 4.78 is 0. The monoisotopic (exact) mass is 498 g/mol. The summed E-state index contributed by atoms with van der Waals surface area (Å²) in [6.07, 6.45) is 0. The Morgan fingerprint density at radius 3 is 1.32 bits per heavy atom. The molecule has 2 saturated heterocycles. The van der Waals surface area contributed by atoms with Crippen molar-refractivity contribution in [3.63, 3.8) is 0 Å². The van der Waals surface area contributed by atoms with E-state index in [2.05, 4.69) is 83.1 Å². The number of rotatable bonds is 0. The maximum Gasteiger partial charge on any atom is 0.0910 e. The van der Waals surface area contributed by atoms with Crippen molar-refractivity contribution in [2.75, 3.05) is 52.7 Å². The predicted octanol–water partition coefficient (Wildman–Crippen LogP) is 4.84. The zero-order valence-corrected chi connectivity index (χ0v) is 23.5. The van der Waals surface area contributed by atoms with Crippen LogP contribution in [0.4, 0.5) is 22.7 Å². The normalized spacial score (nSPS) is 33.0. The molecule has 6 aliphatic heterocycles. The summed E-state index contributed by atoms with van der Waals surface area (Å²) in [6, 6.07) is 6.46. The van der Waals surface area contributed by atoms with Gasteiger partial charge in [0.1, 0.15) is 0 Å². The number of hydrogen-bond donors (Lipinski definition) is 0. The lowest BCUT2D eigenvalue weighted by Crippen LogP contribution is -2.57. The fourth-order valence-corrected chi connectivity index (χ4v) is 8.82. The first-order valence-corrected chi connectivity index (χ1v) is 14.6. The van der Waals surface area contributed by atoms with Gasteiger partial charge in [-0.2, -0.15) is 0 Å². The van der Waals surface area contributed by atoms with E-state index in [0.717, 1.165) is 46.2 Å². The molecule has 2 aromatic carbocycles. The van der Waals surface area contributed by atoms with E-state index in [1.807, 2.05) is 0 Å². The first-order chi connectivity index (χ1) is 17.8. The van der Waals surface area contributed by atoms with Crippen molar-refractivity contribution in [1.82, 2.24) is 9.80 Å². The van der Waals surface area contributed by atoms with Gasteiger partial charge in [0.05, 0.1) is 20.0 Å². The molecule has 6 aliphatic rings. The molecule has 2 aromatic rings. The molecule has 6 nitrogen and oxygen atoms in total. The molecule has 6 bridgehead atoms. The van der Waals surface area contributed by atoms with Gasteiger partial charge < -0.3 is 19.6 Å². The van der Waals surface area contributed by atoms with Gasteiger partial charge >= 0.3 is 0 Å². The van der Waals surface area contributed by atoms with Gasteiger partial charge in [0.15, 0.2) is 0 Å². The molecule has 0 N–H and O–H groups in total. The zero-order chi connectivity index (χ0) is 25.3. The van der Waals surface area contributed by atoms with Crippen molar-refractivity contribution in [3.8, 4) is 0 Å². The van der Waals surface area contributed by atoms with Crippen molar-refractivity contribution in [2.24, 2.45) is 11.8 Å². The van der Waals surface area contributed by atoms with Gasteiger partial charge in [-0.3, -0.25) is 9.80 Å². The van der Waals surface area contributed by atoms with Crippen LogP contribution in [0.2, 0.25) is 0 Å². The van der Waals surface area contributed by atoms with Crippen molar-refractivity contribution in [1.29, 1.82) is 0 Å². The van der Waals surface area contributed by atoms with Gasteiger partial charge in [0, 0.05) is 74.1 Å². The second kappa shape index (κ2) is 7.57. The molecular weight excluding hydrogens is 456 g/mol. The quantitative estimate of drug-likeness (QED) is 0.514. The largest absolute Gasteiger partial charge is 0.358 e. The van der Waals surface area contributed by atoms with Crippen molar-refractivity contribution < 1.29 is 0 Å². The van der Waals surface area contributed by atoms with E-state index in [0.29, 0.717) is 23.9 Å². The van der Waals surface area contributed by atoms with Crippen LogP contribution >= 0.6 is 0 Å². The average Bonchev–Trinajstić information content (AvgIpc) is 2.85. The van der Waals surface area contributed by atoms with Gasteiger partial charge in [-0.15, -0.1) is 0 Å². The highest BCUT2D eigenvalue weighted by Crippen LogP contribution is 2.50. The Balaban J connectivity index is 1.21. The summed E-state index contributed by atoms with van der Waals surface area (Å²) >= 11 is 0. The molecule has 0 spiro atoms. The van der Waals surface area contributed by atoms with Crippen LogP contribution in [0.3, 0.4) is 0 Å². The van der Waals surface area contributed by atoms with E-state index in [-0.39, 0.29) is 0 Å². The van der Waals surface area contributed by atoms with Crippen LogP contribution in [0.25, 0.3) is 0 Å². The Bertz CT molecular complexity index is 1220. The highest BCUT2D eigenvalue weighted by atomic mass is 15.4. The number of hydrogen-bond acceptors (Lipinski definition) is 6. The van der Waals surface area contributed by atoms with Gasteiger partial charge in [0.25, 0.3) is 0 Å². The Morgan fingerprint density at radius 2 is 0.892 bits per heavy atom. The molecule has 6 unspecified atom stereocenters. The second-order valence-electron chi connectivity index (χ2n) is 13.2. The van der Waals surface area contributed by atoms with Gasteiger partial charge in [-0.05, 0) is 85.0 Å². The zero-order valence-electron chi connectivity index (χ0n) is 23.5. The Morgan fingerprint density at radius 1 is 0.514 bits per heavy atom. The molecule has 2 fully saturated rings. The van der Waals surface area contributed by atoms with Crippen LogP contribution in [-0.4, -0.2) is 55.0 Å². The number of anilines is 4. The number of benzene rings is 2. The van der Waals surface area contributed by atoms with E-state index in [9.17, 15) is 0 Å². The standard InChI is InChI=1S/C31H42N6/c1-18-9-34-15-32(22(18)5)11-24-7-26-13-37-17-36(30(26)20(3)28(24)34)14-27-8-25-12-33-16-35(10-19(2)23(33)6)29(25)21(4)31(27)37/h7-8,18-19,22-23H,9-17H2,1-6H3. The Labute approximate surface area is 222 Å².